The summed E-state index contributed by atoms with van der Waals surface area (Å²) < 4.78 is 20.2. The van der Waals surface area contributed by atoms with Crippen molar-refractivity contribution in [1.29, 1.82) is 0 Å². The van der Waals surface area contributed by atoms with E-state index in [-0.39, 0.29) is 11.7 Å². The zero-order valence-electron chi connectivity index (χ0n) is 14.7. The summed E-state index contributed by atoms with van der Waals surface area (Å²) in [5, 5.41) is 7.15. The molecule has 0 fully saturated rings. The van der Waals surface area contributed by atoms with Crippen LogP contribution >= 0.6 is 0 Å². The van der Waals surface area contributed by atoms with Crippen LogP contribution in [0.25, 0.3) is 0 Å². The molecule has 134 valence electrons. The van der Waals surface area contributed by atoms with Gasteiger partial charge in [-0.1, -0.05) is 12.1 Å². The molecular weight excluding hydrogens is 333 g/mol. The van der Waals surface area contributed by atoms with Gasteiger partial charge < -0.3 is 10.1 Å². The minimum atomic E-state index is -0.297. The second-order valence-electron chi connectivity index (χ2n) is 6.04. The number of amides is 1. The first-order valence-electron chi connectivity index (χ1n) is 8.26. The number of nitrogens with one attached hydrogen (secondary N) is 1. The number of hydrogen-bond acceptors (Lipinski definition) is 3. The van der Waals surface area contributed by atoms with Gasteiger partial charge in [-0.2, -0.15) is 5.10 Å². The maximum absolute atomic E-state index is 12.9. The number of hydrogen-bond donors (Lipinski definition) is 1. The fourth-order valence-electron chi connectivity index (χ4n) is 2.55. The van der Waals surface area contributed by atoms with Crippen LogP contribution in [0.1, 0.15) is 27.2 Å². The standard InChI is InChI=1S/C20H20FN3O2/c1-14-17(12-24(2)23-14)11-22-20(25)16-5-3-15(4-6-16)13-26-19-9-7-18(21)8-10-19/h3-10,12H,11,13H2,1-2H3,(H,22,25). The molecule has 3 aromatic rings. The lowest BCUT2D eigenvalue weighted by Crippen LogP contribution is -2.22. The summed E-state index contributed by atoms with van der Waals surface area (Å²) in [6.07, 6.45) is 1.89. The van der Waals surface area contributed by atoms with Crippen molar-refractivity contribution in [3.05, 3.63) is 82.9 Å². The summed E-state index contributed by atoms with van der Waals surface area (Å²) in [6, 6.07) is 13.1. The number of benzene rings is 2. The van der Waals surface area contributed by atoms with Crippen LogP contribution in [0, 0.1) is 12.7 Å². The highest BCUT2D eigenvalue weighted by molar-refractivity contribution is 5.94. The highest BCUT2D eigenvalue weighted by atomic mass is 19.1. The van der Waals surface area contributed by atoms with E-state index in [4.69, 9.17) is 4.74 Å². The van der Waals surface area contributed by atoms with Crippen molar-refractivity contribution in [2.45, 2.75) is 20.1 Å². The Morgan fingerprint density at radius 2 is 1.85 bits per heavy atom. The highest BCUT2D eigenvalue weighted by Crippen LogP contribution is 2.14. The molecule has 2 aromatic carbocycles. The molecule has 0 aliphatic heterocycles. The minimum absolute atomic E-state index is 0.140. The number of rotatable bonds is 6. The summed E-state index contributed by atoms with van der Waals surface area (Å²) in [7, 11) is 1.85. The van der Waals surface area contributed by atoms with Crippen LogP contribution in [0.4, 0.5) is 4.39 Å². The zero-order valence-corrected chi connectivity index (χ0v) is 14.7. The van der Waals surface area contributed by atoms with E-state index < -0.39 is 0 Å². The second kappa shape index (κ2) is 7.82. The van der Waals surface area contributed by atoms with Crippen molar-refractivity contribution in [2.24, 2.45) is 7.05 Å². The first kappa shape index (κ1) is 17.7. The quantitative estimate of drug-likeness (QED) is 0.739. The summed E-state index contributed by atoms with van der Waals surface area (Å²) in [4.78, 5) is 12.3. The van der Waals surface area contributed by atoms with Gasteiger partial charge in [-0.05, 0) is 48.9 Å². The van der Waals surface area contributed by atoms with Crippen LogP contribution in [-0.2, 0) is 20.2 Å². The molecule has 0 radical (unpaired) electrons. The summed E-state index contributed by atoms with van der Waals surface area (Å²) in [5.74, 6) is 0.161. The molecule has 6 heteroatoms. The first-order valence-corrected chi connectivity index (χ1v) is 8.26. The zero-order chi connectivity index (χ0) is 18.5. The van der Waals surface area contributed by atoms with Crippen LogP contribution in [0.3, 0.4) is 0 Å². The van der Waals surface area contributed by atoms with Gasteiger partial charge in [0.1, 0.15) is 18.2 Å². The van der Waals surface area contributed by atoms with Crippen molar-refractivity contribution in [2.75, 3.05) is 0 Å². The first-order chi connectivity index (χ1) is 12.5. The molecule has 0 spiro atoms. The van der Waals surface area contributed by atoms with Crippen LogP contribution in [0.2, 0.25) is 0 Å². The molecule has 0 atom stereocenters. The van der Waals surface area contributed by atoms with Crippen molar-refractivity contribution in [1.82, 2.24) is 15.1 Å². The lowest BCUT2D eigenvalue weighted by molar-refractivity contribution is 0.0951. The number of halogens is 1. The highest BCUT2D eigenvalue weighted by Gasteiger charge is 2.08. The third-order valence-corrected chi connectivity index (χ3v) is 3.99. The summed E-state index contributed by atoms with van der Waals surface area (Å²) >= 11 is 0. The lowest BCUT2D eigenvalue weighted by atomic mass is 10.1. The van der Waals surface area contributed by atoms with Gasteiger partial charge in [0.25, 0.3) is 5.91 Å². The average Bonchev–Trinajstić information content (AvgIpc) is 2.97. The maximum atomic E-state index is 12.9. The Bertz CT molecular complexity index is 886. The van der Waals surface area contributed by atoms with E-state index in [0.29, 0.717) is 24.5 Å². The Labute approximate surface area is 151 Å². The molecular formula is C20H20FN3O2. The number of nitrogens with zero attached hydrogens (tertiary/aromatic N) is 2. The predicted octanol–water partition coefficient (Wildman–Crippen LogP) is 3.38. The Balaban J connectivity index is 1.53. The molecule has 1 amide bonds. The molecule has 1 N–H and O–H groups in total. The number of carbonyl (C=O) groups is 1. The smallest absolute Gasteiger partial charge is 0.251 e. The molecule has 1 aromatic heterocycles. The third kappa shape index (κ3) is 4.47. The topological polar surface area (TPSA) is 56.2 Å². The molecule has 0 saturated heterocycles. The fourth-order valence-corrected chi connectivity index (χ4v) is 2.55. The summed E-state index contributed by atoms with van der Waals surface area (Å²) in [6.45, 7) is 2.70. The normalized spacial score (nSPS) is 10.6. The number of ether oxygens (including phenoxy) is 1. The largest absolute Gasteiger partial charge is 0.489 e. The van der Waals surface area contributed by atoms with Crippen molar-refractivity contribution in [3.63, 3.8) is 0 Å². The van der Waals surface area contributed by atoms with Gasteiger partial charge in [-0.15, -0.1) is 0 Å². The van der Waals surface area contributed by atoms with Gasteiger partial charge in [0, 0.05) is 30.9 Å². The minimum Gasteiger partial charge on any atom is -0.489 e. The Morgan fingerprint density at radius 1 is 1.15 bits per heavy atom. The van der Waals surface area contributed by atoms with Crippen LogP contribution in [-0.4, -0.2) is 15.7 Å². The third-order valence-electron chi connectivity index (χ3n) is 3.99. The van der Waals surface area contributed by atoms with E-state index in [1.807, 2.05) is 32.3 Å². The SMILES string of the molecule is Cc1nn(C)cc1CNC(=O)c1ccc(COc2ccc(F)cc2)cc1. The van der Waals surface area contributed by atoms with E-state index in [1.165, 1.54) is 12.1 Å². The molecule has 0 aliphatic carbocycles. The van der Waals surface area contributed by atoms with Crippen molar-refractivity contribution < 1.29 is 13.9 Å². The Hall–Kier alpha value is -3.15. The fraction of sp³-hybridized carbons (Fsp3) is 0.200. The Kier molecular flexibility index (Phi) is 5.31. The molecule has 1 heterocycles. The molecule has 0 aliphatic rings. The Morgan fingerprint density at radius 3 is 2.46 bits per heavy atom. The van der Waals surface area contributed by atoms with Gasteiger partial charge in [-0.25, -0.2) is 4.39 Å². The average molecular weight is 353 g/mol. The monoisotopic (exact) mass is 353 g/mol. The van der Waals surface area contributed by atoms with Gasteiger partial charge in [0.05, 0.1) is 5.69 Å². The molecule has 3 rings (SSSR count). The van der Waals surface area contributed by atoms with E-state index in [0.717, 1.165) is 16.8 Å². The molecule has 26 heavy (non-hydrogen) atoms. The van der Waals surface area contributed by atoms with Crippen LogP contribution in [0.5, 0.6) is 5.75 Å². The van der Waals surface area contributed by atoms with E-state index in [1.54, 1.807) is 28.9 Å². The lowest BCUT2D eigenvalue weighted by Gasteiger charge is -2.08. The molecule has 5 nitrogen and oxygen atoms in total. The van der Waals surface area contributed by atoms with Gasteiger partial charge >= 0.3 is 0 Å². The number of aromatic nitrogens is 2. The van der Waals surface area contributed by atoms with Gasteiger partial charge in [0.2, 0.25) is 0 Å². The van der Waals surface area contributed by atoms with Gasteiger partial charge in [-0.3, -0.25) is 9.48 Å². The van der Waals surface area contributed by atoms with E-state index in [2.05, 4.69) is 10.4 Å². The van der Waals surface area contributed by atoms with Crippen molar-refractivity contribution in [3.8, 4) is 5.75 Å². The molecule has 0 bridgehead atoms. The van der Waals surface area contributed by atoms with E-state index in [9.17, 15) is 9.18 Å². The van der Waals surface area contributed by atoms with Crippen molar-refractivity contribution >= 4 is 5.91 Å². The molecule has 0 unspecified atom stereocenters. The van der Waals surface area contributed by atoms with Crippen LogP contribution in [0.15, 0.2) is 54.7 Å². The second-order valence-corrected chi connectivity index (χ2v) is 6.04. The number of carbonyl (C=O) groups excluding carboxylic acids is 1. The number of aryl methyl sites for hydroxylation is 2. The maximum Gasteiger partial charge on any atom is 0.251 e. The van der Waals surface area contributed by atoms with Crippen LogP contribution < -0.4 is 10.1 Å². The van der Waals surface area contributed by atoms with E-state index >= 15 is 0 Å². The predicted molar refractivity (Wildman–Crippen MR) is 96.3 cm³/mol. The van der Waals surface area contributed by atoms with Gasteiger partial charge in [0.15, 0.2) is 0 Å². The summed E-state index contributed by atoms with van der Waals surface area (Å²) in [5.41, 5.74) is 3.40. The molecule has 0 saturated carbocycles.